The maximum absolute atomic E-state index is 7.23. The maximum Gasteiger partial charge on any atom is 0.0650 e. The Balaban J connectivity index is 1.34. The summed E-state index contributed by atoms with van der Waals surface area (Å²) >= 11 is 0. The van der Waals surface area contributed by atoms with Gasteiger partial charge in [-0.15, -0.1) is 0 Å². The van der Waals surface area contributed by atoms with Gasteiger partial charge in [0.25, 0.3) is 0 Å². The van der Waals surface area contributed by atoms with Crippen LogP contribution in [0.15, 0.2) is 146 Å². The van der Waals surface area contributed by atoms with Gasteiger partial charge in [-0.1, -0.05) is 48.5 Å². The normalized spacial score (nSPS) is 12.8. The molecule has 0 fully saturated rings. The van der Waals surface area contributed by atoms with Crippen molar-refractivity contribution in [3.05, 3.63) is 157 Å². The highest BCUT2D eigenvalue weighted by Crippen LogP contribution is 2.50. The molecular weight excluding hydrogens is 502 g/mol. The lowest BCUT2D eigenvalue weighted by atomic mass is 9.90. The molecule has 0 unspecified atom stereocenters. The Labute approximate surface area is 240 Å². The number of hydrogen-bond acceptors (Lipinski definition) is 5. The Hall–Kier alpha value is -5.26. The van der Waals surface area contributed by atoms with Crippen LogP contribution in [0.4, 0.5) is 34.1 Å². The van der Waals surface area contributed by atoms with Crippen molar-refractivity contribution in [3.63, 3.8) is 0 Å². The van der Waals surface area contributed by atoms with E-state index in [4.69, 9.17) is 5.73 Å². The van der Waals surface area contributed by atoms with Gasteiger partial charge in [0.2, 0.25) is 0 Å². The van der Waals surface area contributed by atoms with Crippen LogP contribution in [0.3, 0.4) is 0 Å². The highest BCUT2D eigenvalue weighted by Gasteiger charge is 2.37. The first-order valence-electron chi connectivity index (χ1n) is 13.7. The van der Waals surface area contributed by atoms with Gasteiger partial charge in [-0.25, -0.2) is 0 Å². The first kappa shape index (κ1) is 24.8. The van der Waals surface area contributed by atoms with Crippen molar-refractivity contribution in [1.82, 2.24) is 9.97 Å². The molecule has 0 bridgehead atoms. The molecule has 6 aromatic rings. The van der Waals surface area contributed by atoms with E-state index >= 15 is 0 Å². The predicted octanol–water partition coefficient (Wildman–Crippen LogP) is 8.62. The quantitative estimate of drug-likeness (QED) is 0.233. The molecule has 2 heterocycles. The Bertz CT molecular complexity index is 1590. The minimum absolute atomic E-state index is 0.689. The van der Waals surface area contributed by atoms with Crippen LogP contribution < -0.4 is 15.5 Å². The molecule has 198 valence electrons. The molecule has 7 rings (SSSR count). The smallest absolute Gasteiger partial charge is 0.0650 e. The molecule has 0 saturated heterocycles. The molecule has 0 radical (unpaired) electrons. The van der Waals surface area contributed by atoms with E-state index in [1.807, 2.05) is 36.7 Å². The lowest BCUT2D eigenvalue weighted by Crippen LogP contribution is -2.32. The van der Waals surface area contributed by atoms with Crippen molar-refractivity contribution >= 4 is 34.1 Å². The van der Waals surface area contributed by atoms with Crippen LogP contribution in [0.1, 0.15) is 18.1 Å². The zero-order valence-electron chi connectivity index (χ0n) is 22.7. The lowest BCUT2D eigenvalue weighted by Gasteiger charge is -2.28. The summed E-state index contributed by atoms with van der Waals surface area (Å²) in [5.74, 6) is 0. The summed E-state index contributed by atoms with van der Waals surface area (Å²) in [6.07, 6.45) is 7.37. The molecule has 2 N–H and O–H groups in total. The average Bonchev–Trinajstić information content (AvgIpc) is 3.25. The van der Waals surface area contributed by atoms with Crippen LogP contribution in [0.5, 0.6) is 0 Å². The Morgan fingerprint density at radius 2 is 0.902 bits per heavy atom. The summed E-state index contributed by atoms with van der Waals surface area (Å²) in [4.78, 5) is 13.2. The van der Waals surface area contributed by atoms with Gasteiger partial charge in [-0.05, 0) is 102 Å². The summed E-state index contributed by atoms with van der Waals surface area (Å²) in [7, 11) is 0. The second kappa shape index (κ2) is 10.0. The van der Waals surface area contributed by atoms with Crippen LogP contribution in [-0.4, -0.2) is 9.97 Å². The highest BCUT2D eigenvalue weighted by atomic mass is 15.2. The monoisotopic (exact) mass is 531 g/mol. The minimum atomic E-state index is -0.689. The van der Waals surface area contributed by atoms with Crippen LogP contribution in [-0.2, 0) is 5.54 Å². The van der Waals surface area contributed by atoms with Gasteiger partial charge in [0.15, 0.2) is 0 Å². The molecule has 0 atom stereocenters. The Kier molecular flexibility index (Phi) is 6.07. The van der Waals surface area contributed by atoms with Crippen LogP contribution in [0.2, 0.25) is 0 Å². The SMILES string of the molecule is CC1(N)c2cc(N(c3ccccc3)c3cccnc3)ccc2-c2ccc(N(c3ccccc3)c3cccnc3)cc21. The highest BCUT2D eigenvalue weighted by molar-refractivity contribution is 5.88. The molecule has 5 nitrogen and oxygen atoms in total. The van der Waals surface area contributed by atoms with E-state index in [9.17, 15) is 0 Å². The van der Waals surface area contributed by atoms with Gasteiger partial charge in [0, 0.05) is 35.1 Å². The number of hydrogen-bond donors (Lipinski definition) is 1. The van der Waals surface area contributed by atoms with Crippen molar-refractivity contribution in [2.45, 2.75) is 12.5 Å². The molecule has 5 heteroatoms. The molecule has 0 amide bonds. The number of benzene rings is 4. The molecule has 0 spiro atoms. The minimum Gasteiger partial charge on any atom is -0.318 e. The van der Waals surface area contributed by atoms with E-state index in [2.05, 4.69) is 124 Å². The third kappa shape index (κ3) is 4.33. The summed E-state index contributed by atoms with van der Waals surface area (Å²) < 4.78 is 0. The maximum atomic E-state index is 7.23. The van der Waals surface area contributed by atoms with Gasteiger partial charge < -0.3 is 15.5 Å². The number of para-hydroxylation sites is 2. The number of nitrogens with two attached hydrogens (primary N) is 1. The Morgan fingerprint density at radius 3 is 1.29 bits per heavy atom. The van der Waals surface area contributed by atoms with E-state index in [0.717, 1.165) is 56.4 Å². The molecule has 1 aliphatic rings. The first-order valence-corrected chi connectivity index (χ1v) is 13.7. The average molecular weight is 532 g/mol. The molecular formula is C36H29N5. The zero-order valence-corrected chi connectivity index (χ0v) is 22.7. The van der Waals surface area contributed by atoms with E-state index in [-0.39, 0.29) is 0 Å². The summed E-state index contributed by atoms with van der Waals surface area (Å²) in [6.45, 7) is 2.11. The van der Waals surface area contributed by atoms with Gasteiger partial charge in [-0.2, -0.15) is 0 Å². The topological polar surface area (TPSA) is 58.3 Å². The number of fused-ring (bicyclic) bond motifs is 3. The second-order valence-corrected chi connectivity index (χ2v) is 10.4. The van der Waals surface area contributed by atoms with E-state index < -0.39 is 5.54 Å². The molecule has 0 aliphatic heterocycles. The summed E-state index contributed by atoms with van der Waals surface area (Å²) in [6, 6.07) is 42.0. The number of anilines is 6. The molecule has 41 heavy (non-hydrogen) atoms. The zero-order chi connectivity index (χ0) is 27.8. The molecule has 1 aliphatic carbocycles. The number of rotatable bonds is 6. The molecule has 2 aromatic heterocycles. The van der Waals surface area contributed by atoms with Crippen molar-refractivity contribution in [2.75, 3.05) is 9.80 Å². The molecule has 0 saturated carbocycles. The van der Waals surface area contributed by atoms with Crippen LogP contribution in [0, 0.1) is 0 Å². The number of aromatic nitrogens is 2. The van der Waals surface area contributed by atoms with E-state index in [1.54, 1.807) is 12.4 Å². The Morgan fingerprint density at radius 1 is 0.488 bits per heavy atom. The van der Waals surface area contributed by atoms with Gasteiger partial charge in [0.05, 0.1) is 29.3 Å². The summed E-state index contributed by atoms with van der Waals surface area (Å²) in [5.41, 5.74) is 17.2. The number of pyridine rings is 2. The van der Waals surface area contributed by atoms with Crippen LogP contribution >= 0.6 is 0 Å². The second-order valence-electron chi connectivity index (χ2n) is 10.4. The fraction of sp³-hybridized carbons (Fsp3) is 0.0556. The number of nitrogens with zero attached hydrogens (tertiary/aromatic N) is 4. The predicted molar refractivity (Wildman–Crippen MR) is 167 cm³/mol. The van der Waals surface area contributed by atoms with Gasteiger partial charge >= 0.3 is 0 Å². The van der Waals surface area contributed by atoms with Crippen molar-refractivity contribution in [2.24, 2.45) is 5.73 Å². The van der Waals surface area contributed by atoms with Crippen molar-refractivity contribution in [3.8, 4) is 11.1 Å². The van der Waals surface area contributed by atoms with Crippen molar-refractivity contribution < 1.29 is 0 Å². The third-order valence-electron chi connectivity index (χ3n) is 7.77. The van der Waals surface area contributed by atoms with Crippen LogP contribution in [0.25, 0.3) is 11.1 Å². The largest absolute Gasteiger partial charge is 0.318 e. The summed E-state index contributed by atoms with van der Waals surface area (Å²) in [5, 5.41) is 0. The fourth-order valence-electron chi connectivity index (χ4n) is 5.84. The van der Waals surface area contributed by atoms with E-state index in [1.165, 1.54) is 0 Å². The van der Waals surface area contributed by atoms with Gasteiger partial charge in [-0.3, -0.25) is 9.97 Å². The van der Waals surface area contributed by atoms with E-state index in [0.29, 0.717) is 0 Å². The lowest BCUT2D eigenvalue weighted by molar-refractivity contribution is 0.621. The third-order valence-corrected chi connectivity index (χ3v) is 7.77. The molecule has 4 aromatic carbocycles. The fourth-order valence-corrected chi connectivity index (χ4v) is 5.84. The standard InChI is InChI=1S/C36H29N5/c1-36(37)34-22-28(40(26-10-4-2-5-11-26)30-14-8-20-38-24-30)16-18-32(34)33-19-17-29(23-35(33)36)41(27-12-6-3-7-13-27)31-15-9-21-39-25-31/h2-25H,37H2,1H3. The van der Waals surface area contributed by atoms with Gasteiger partial charge in [0.1, 0.15) is 0 Å². The first-order chi connectivity index (χ1) is 20.1. The van der Waals surface area contributed by atoms with Crippen molar-refractivity contribution in [1.29, 1.82) is 0 Å².